The van der Waals surface area contributed by atoms with Gasteiger partial charge in [0.05, 0.1) is 70.6 Å². The van der Waals surface area contributed by atoms with Gasteiger partial charge < -0.3 is 204 Å². The van der Waals surface area contributed by atoms with Crippen molar-refractivity contribution in [1.29, 1.82) is 0 Å². The number of aliphatic hydroxyl groups is 22. The zero-order valence-electron chi connectivity index (χ0n) is 74.6. The van der Waals surface area contributed by atoms with Crippen molar-refractivity contribution < 1.29 is 203 Å². The summed E-state index contributed by atoms with van der Waals surface area (Å²) >= 11 is 0. The Morgan fingerprint density at radius 1 is 0.318 bits per heavy atom. The molecule has 3 amide bonds. The molecule has 0 saturated carbocycles. The zero-order valence-corrected chi connectivity index (χ0v) is 74.6. The van der Waals surface area contributed by atoms with Crippen LogP contribution in [0, 0.1) is 0 Å². The molecular formula is C85H151N3O41. The second-order valence-electron chi connectivity index (χ2n) is 35.2. The van der Waals surface area contributed by atoms with Crippen LogP contribution in [0.25, 0.3) is 0 Å². The summed E-state index contributed by atoms with van der Waals surface area (Å²) in [5.41, 5.74) is 0. The normalized spacial score (nSPS) is 41.1. The third-order valence-corrected chi connectivity index (χ3v) is 25.1. The van der Waals surface area contributed by atoms with Gasteiger partial charge in [0.15, 0.2) is 50.3 Å². The third-order valence-electron chi connectivity index (χ3n) is 25.1. The lowest BCUT2D eigenvalue weighted by Crippen LogP contribution is -2.72. The fourth-order valence-electron chi connectivity index (χ4n) is 17.4. The molecule has 0 bridgehead atoms. The third kappa shape index (κ3) is 30.8. The number of amides is 3. The monoisotopic (exact) mass is 1870 g/mol. The highest BCUT2D eigenvalue weighted by atomic mass is 16.8. The quantitative estimate of drug-likeness (QED) is 0.0199. The molecule has 129 heavy (non-hydrogen) atoms. The zero-order chi connectivity index (χ0) is 94.5. The van der Waals surface area contributed by atoms with Crippen LogP contribution in [0.5, 0.6) is 0 Å². The van der Waals surface area contributed by atoms with Crippen LogP contribution in [0.2, 0.25) is 0 Å². The minimum absolute atomic E-state index is 0.141. The van der Waals surface area contributed by atoms with Gasteiger partial charge in [-0.05, 0) is 33.1 Å². The Morgan fingerprint density at radius 3 is 1.01 bits per heavy atom. The predicted molar refractivity (Wildman–Crippen MR) is 442 cm³/mol. The van der Waals surface area contributed by atoms with Gasteiger partial charge in [-0.25, -0.2) is 0 Å². The van der Waals surface area contributed by atoms with Crippen LogP contribution in [-0.2, 0) is 90.2 Å². The van der Waals surface area contributed by atoms with Crippen LogP contribution in [0.4, 0.5) is 0 Å². The first-order valence-electron chi connectivity index (χ1n) is 46.2. The van der Waals surface area contributed by atoms with Gasteiger partial charge in [0.25, 0.3) is 0 Å². The SMILES string of the molecule is CCCCCCCCCCCCC/C=C/[C@@H](O)[C@H](CO[C@@H]1O[C@H](CO)[C@@H](O[C@@H]2O[C@H](CO)[C@H](O)[C@H](O[C@@H]3O[C@H](CO)[C@@H](O[C@@H]4O[C@H](CO)[C@H](O)[C@H](O[C@@H]5O[C@H](CO)[C@@H](O[C@@H]6O[C@H](CO)[C@H](O)[C@H](O)[C@H]6O)[C@H](O[C@@H]6O[C@@H](C)[C@@H](O)[C@@H](O)[C@@H]6O)[C@H]5NC(C)=O)[C@H]4O)[C@H](O[C@@H]4O[C@@H](C)[C@@H](O)[C@@H](O)[C@@H]4O)[C@H]3NC(C)=O)[C@H]2O)[C@H](O)[C@H]1O)NC(=O)CCCCCCCCCCCCCC. The Bertz CT molecular complexity index is 3170. The number of nitrogens with one attached hydrogen (secondary N) is 3. The number of hydrogen-bond donors (Lipinski definition) is 25. The van der Waals surface area contributed by atoms with Crippen molar-refractivity contribution in [3.8, 4) is 0 Å². The Balaban J connectivity index is 1.02. The van der Waals surface area contributed by atoms with E-state index in [1.54, 1.807) is 6.08 Å². The van der Waals surface area contributed by atoms with Crippen LogP contribution in [0.1, 0.15) is 202 Å². The van der Waals surface area contributed by atoms with Crippen molar-refractivity contribution in [2.24, 2.45) is 0 Å². The first-order chi connectivity index (χ1) is 61.7. The van der Waals surface area contributed by atoms with Crippen molar-refractivity contribution >= 4 is 17.7 Å². The molecule has 8 saturated heterocycles. The first kappa shape index (κ1) is 111. The van der Waals surface area contributed by atoms with E-state index >= 15 is 0 Å². The number of carbonyl (C=O) groups is 3. The largest absolute Gasteiger partial charge is 0.394 e. The van der Waals surface area contributed by atoms with Crippen molar-refractivity contribution in [2.75, 3.05) is 46.2 Å². The second kappa shape index (κ2) is 55.9. The number of unbranched alkanes of at least 4 members (excludes halogenated alkanes) is 22. The molecule has 8 heterocycles. The van der Waals surface area contributed by atoms with E-state index in [1.165, 1.54) is 97.3 Å². The number of ether oxygens (including phenoxy) is 16. The summed E-state index contributed by atoms with van der Waals surface area (Å²) in [6.07, 6.45) is -47.8. The molecule has 8 aliphatic heterocycles. The van der Waals surface area contributed by atoms with E-state index in [4.69, 9.17) is 75.8 Å². The molecule has 44 nitrogen and oxygen atoms in total. The molecule has 44 heteroatoms. The van der Waals surface area contributed by atoms with Gasteiger partial charge in [-0.15, -0.1) is 0 Å². The minimum Gasteiger partial charge on any atom is -0.394 e. The van der Waals surface area contributed by atoms with Gasteiger partial charge in [0.2, 0.25) is 17.7 Å². The average Bonchev–Trinajstić information content (AvgIpc) is 0.765. The standard InChI is InChI=1S/C85H151N3O41/c1-7-9-11-13-15-17-19-21-22-24-26-28-30-32-46(97)45(88-53(98)33-31-29-27-25-23-20-18-16-14-12-10-8-2)40-114-80-68(111)64(107)71(50(37-92)122-80)123-84-69(112)76(59(102)48(35-90)118-84)128-79-55(87-44(6)96)75(127-82-66(109)62(105)57(100)42(4)116-82)73(52(39-94)121-79)125-85-70(113)77(60(103)49(36-91)119-85)129-78-54(86-43(5)95)74(126-81-65(108)61(104)56(99)41(3)115-81)72(51(38-93)120-78)124-83-67(110)63(106)58(101)47(34-89)117-83/h30,32,41-42,45-52,54-85,89-94,97,99-113H,7-29,31,33-40H2,1-6H3,(H,86,95)(H,87,96)(H,88,98)/b32-30+/t41-,42-,45-,46+,47+,48+,49+,50+,51+,52+,54+,55+,56+,57+,58-,59-,60-,61+,62+,63-,64+,65-,66-,67+,68+,69+,70+,71+,72+,73+,74+,75+,76-,77-,78-,79-,80+,81-,82-,83-,84-,85-/m0/s1. The predicted octanol–water partition coefficient (Wildman–Crippen LogP) is -5.89. The van der Waals surface area contributed by atoms with E-state index in [9.17, 15) is 127 Å². The van der Waals surface area contributed by atoms with Crippen LogP contribution >= 0.6 is 0 Å². The molecule has 752 valence electrons. The van der Waals surface area contributed by atoms with Gasteiger partial charge in [-0.1, -0.05) is 161 Å². The van der Waals surface area contributed by atoms with E-state index in [0.717, 1.165) is 71.6 Å². The summed E-state index contributed by atoms with van der Waals surface area (Å²) < 4.78 is 97.6. The molecule has 8 rings (SSSR count). The summed E-state index contributed by atoms with van der Waals surface area (Å²) in [6.45, 7) is 1.75. The summed E-state index contributed by atoms with van der Waals surface area (Å²) in [5.74, 6) is -2.30. The van der Waals surface area contributed by atoms with Gasteiger partial charge in [0, 0.05) is 20.3 Å². The lowest BCUT2D eigenvalue weighted by atomic mass is 9.93. The molecule has 0 aromatic heterocycles. The summed E-state index contributed by atoms with van der Waals surface area (Å²) in [6, 6.07) is -5.07. The maximum Gasteiger partial charge on any atom is 0.220 e. The van der Waals surface area contributed by atoms with E-state index < -0.39 is 316 Å². The molecule has 0 aliphatic carbocycles. The topological polar surface area (TPSA) is 680 Å². The highest BCUT2D eigenvalue weighted by Gasteiger charge is 2.61. The van der Waals surface area contributed by atoms with Gasteiger partial charge >= 0.3 is 0 Å². The maximum absolute atomic E-state index is 13.7. The van der Waals surface area contributed by atoms with Crippen LogP contribution in [0.3, 0.4) is 0 Å². The maximum atomic E-state index is 13.7. The minimum atomic E-state index is -2.45. The van der Waals surface area contributed by atoms with Crippen molar-refractivity contribution in [3.05, 3.63) is 12.2 Å². The molecule has 0 radical (unpaired) electrons. The fourth-order valence-corrected chi connectivity index (χ4v) is 17.4. The van der Waals surface area contributed by atoms with Crippen molar-refractivity contribution in [1.82, 2.24) is 16.0 Å². The van der Waals surface area contributed by atoms with Crippen LogP contribution in [0.15, 0.2) is 12.2 Å². The molecule has 42 atom stereocenters. The van der Waals surface area contributed by atoms with Gasteiger partial charge in [-0.3, -0.25) is 14.4 Å². The fraction of sp³-hybridized carbons (Fsp3) is 0.941. The highest BCUT2D eigenvalue weighted by Crippen LogP contribution is 2.41. The summed E-state index contributed by atoms with van der Waals surface area (Å²) in [5, 5.41) is 257. The lowest BCUT2D eigenvalue weighted by molar-refractivity contribution is -0.400. The average molecular weight is 1870 g/mol. The summed E-state index contributed by atoms with van der Waals surface area (Å²) in [4.78, 5) is 40.7. The Hall–Kier alpha value is -3.37. The first-order valence-corrected chi connectivity index (χ1v) is 46.2. The lowest BCUT2D eigenvalue weighted by Gasteiger charge is -2.52. The molecule has 0 aromatic rings. The molecule has 0 aromatic carbocycles. The molecule has 25 N–H and O–H groups in total. The Morgan fingerprint density at radius 2 is 0.620 bits per heavy atom. The van der Waals surface area contributed by atoms with Crippen molar-refractivity contribution in [3.63, 3.8) is 0 Å². The molecule has 0 spiro atoms. The summed E-state index contributed by atoms with van der Waals surface area (Å²) in [7, 11) is 0. The molecule has 8 fully saturated rings. The number of rotatable bonds is 53. The Labute approximate surface area is 751 Å². The van der Waals surface area contributed by atoms with Gasteiger partial charge in [-0.2, -0.15) is 0 Å². The number of carbonyl (C=O) groups excluding carboxylic acids is 3. The van der Waals surface area contributed by atoms with Crippen LogP contribution in [-0.4, -0.2) is 434 Å². The molecular weight excluding hydrogens is 1720 g/mol. The van der Waals surface area contributed by atoms with E-state index in [1.807, 2.05) is 6.08 Å². The molecule has 0 unspecified atom stereocenters. The highest BCUT2D eigenvalue weighted by molar-refractivity contribution is 5.76. The molecule has 8 aliphatic rings. The van der Waals surface area contributed by atoms with E-state index in [0.29, 0.717) is 12.8 Å². The van der Waals surface area contributed by atoms with Gasteiger partial charge in [0.1, 0.15) is 183 Å². The number of aliphatic hydroxyl groups excluding tert-OH is 22. The van der Waals surface area contributed by atoms with E-state index in [-0.39, 0.29) is 12.3 Å². The second-order valence-corrected chi connectivity index (χ2v) is 35.2. The Kier molecular flexibility index (Phi) is 48.1. The van der Waals surface area contributed by atoms with Crippen LogP contribution < -0.4 is 16.0 Å². The van der Waals surface area contributed by atoms with Crippen molar-refractivity contribution in [2.45, 2.75) is 460 Å². The number of allylic oxidation sites excluding steroid dienone is 1. The number of hydrogen-bond acceptors (Lipinski definition) is 41. The smallest absolute Gasteiger partial charge is 0.220 e. The van der Waals surface area contributed by atoms with E-state index in [2.05, 4.69) is 29.8 Å².